The summed E-state index contributed by atoms with van der Waals surface area (Å²) >= 11 is 0. The maximum Gasteiger partial charge on any atom is 0.0573 e. The predicted octanol–water partition coefficient (Wildman–Crippen LogP) is 3.03. The first-order chi connectivity index (χ1) is 8.93. The minimum atomic E-state index is 0.354. The van der Waals surface area contributed by atoms with E-state index >= 15 is 0 Å². The monoisotopic (exact) mass is 239 g/mol. The molecule has 1 saturated heterocycles. The Labute approximate surface area is 107 Å². The van der Waals surface area contributed by atoms with Crippen molar-refractivity contribution in [3.63, 3.8) is 0 Å². The quantitative estimate of drug-likeness (QED) is 0.875. The normalized spacial score (nSPS) is 23.8. The number of rotatable bonds is 2. The fourth-order valence-electron chi connectivity index (χ4n) is 2.57. The standard InChI is InChI=1S/C15H17N3/c1-3-10-16-12(6-1)14-8-5-9-15(18-14)13-7-2-4-11-17-13/h1-4,6-7,10-11,14-15,18H,5,8-9H2. The van der Waals surface area contributed by atoms with Crippen LogP contribution in [0.1, 0.15) is 42.7 Å². The highest BCUT2D eigenvalue weighted by Crippen LogP contribution is 2.30. The van der Waals surface area contributed by atoms with Gasteiger partial charge in [0, 0.05) is 24.5 Å². The molecule has 2 unspecified atom stereocenters. The van der Waals surface area contributed by atoms with Crippen molar-refractivity contribution >= 4 is 0 Å². The largest absolute Gasteiger partial charge is 0.300 e. The molecule has 0 aliphatic carbocycles. The Bertz CT molecular complexity index is 438. The number of nitrogens with zero attached hydrogens (tertiary/aromatic N) is 2. The third-order valence-corrected chi connectivity index (χ3v) is 3.48. The van der Waals surface area contributed by atoms with Gasteiger partial charge in [-0.25, -0.2) is 0 Å². The number of nitrogens with one attached hydrogen (secondary N) is 1. The van der Waals surface area contributed by atoms with Crippen LogP contribution < -0.4 is 5.32 Å². The maximum atomic E-state index is 4.45. The molecule has 3 heterocycles. The van der Waals surface area contributed by atoms with Gasteiger partial charge < -0.3 is 5.32 Å². The number of hydrogen-bond donors (Lipinski definition) is 1. The SMILES string of the molecule is c1ccc(C2CCCC(c3ccccn3)N2)nc1. The van der Waals surface area contributed by atoms with Crippen LogP contribution in [-0.4, -0.2) is 9.97 Å². The van der Waals surface area contributed by atoms with Crippen molar-refractivity contribution in [2.45, 2.75) is 31.3 Å². The van der Waals surface area contributed by atoms with E-state index < -0.39 is 0 Å². The van der Waals surface area contributed by atoms with E-state index in [9.17, 15) is 0 Å². The fourth-order valence-corrected chi connectivity index (χ4v) is 2.57. The number of hydrogen-bond acceptors (Lipinski definition) is 3. The van der Waals surface area contributed by atoms with Gasteiger partial charge in [0.15, 0.2) is 0 Å². The minimum Gasteiger partial charge on any atom is -0.300 e. The summed E-state index contributed by atoms with van der Waals surface area (Å²) in [6.45, 7) is 0. The molecule has 0 saturated carbocycles. The van der Waals surface area contributed by atoms with E-state index in [1.165, 1.54) is 6.42 Å². The fraction of sp³-hybridized carbons (Fsp3) is 0.333. The van der Waals surface area contributed by atoms with Crippen molar-refractivity contribution in [3.05, 3.63) is 60.2 Å². The molecule has 1 fully saturated rings. The summed E-state index contributed by atoms with van der Waals surface area (Å²) in [6, 6.07) is 12.9. The topological polar surface area (TPSA) is 37.8 Å². The molecule has 2 aromatic heterocycles. The van der Waals surface area contributed by atoms with E-state index in [2.05, 4.69) is 27.4 Å². The van der Waals surface area contributed by atoms with Crippen LogP contribution in [0.2, 0.25) is 0 Å². The Balaban J connectivity index is 1.77. The molecule has 0 spiro atoms. The van der Waals surface area contributed by atoms with E-state index in [1.54, 1.807) is 0 Å². The second kappa shape index (κ2) is 5.27. The van der Waals surface area contributed by atoms with Crippen LogP contribution >= 0.6 is 0 Å². The zero-order chi connectivity index (χ0) is 12.2. The Hall–Kier alpha value is -1.74. The summed E-state index contributed by atoms with van der Waals surface area (Å²) in [6.07, 6.45) is 7.25. The Kier molecular flexibility index (Phi) is 3.33. The molecule has 1 aliphatic rings. The number of pyridine rings is 2. The van der Waals surface area contributed by atoms with Crippen LogP contribution in [0.15, 0.2) is 48.8 Å². The molecule has 0 aromatic carbocycles. The molecule has 92 valence electrons. The van der Waals surface area contributed by atoms with Gasteiger partial charge in [0.05, 0.1) is 11.4 Å². The molecule has 0 bridgehead atoms. The Morgan fingerprint density at radius 2 is 1.39 bits per heavy atom. The highest BCUT2D eigenvalue weighted by Gasteiger charge is 2.24. The van der Waals surface area contributed by atoms with Crippen molar-refractivity contribution in [1.29, 1.82) is 0 Å². The molecule has 3 rings (SSSR count). The maximum absolute atomic E-state index is 4.45. The van der Waals surface area contributed by atoms with E-state index in [0.29, 0.717) is 12.1 Å². The molecule has 3 nitrogen and oxygen atoms in total. The highest BCUT2D eigenvalue weighted by molar-refractivity contribution is 5.14. The average molecular weight is 239 g/mol. The van der Waals surface area contributed by atoms with Crippen LogP contribution in [0, 0.1) is 0 Å². The smallest absolute Gasteiger partial charge is 0.0573 e. The third-order valence-electron chi connectivity index (χ3n) is 3.48. The molecule has 1 aliphatic heterocycles. The van der Waals surface area contributed by atoms with Crippen LogP contribution in [0.25, 0.3) is 0 Å². The van der Waals surface area contributed by atoms with Gasteiger partial charge in [-0.2, -0.15) is 0 Å². The molecule has 2 atom stereocenters. The van der Waals surface area contributed by atoms with Gasteiger partial charge in [-0.3, -0.25) is 9.97 Å². The molecule has 0 radical (unpaired) electrons. The lowest BCUT2D eigenvalue weighted by Gasteiger charge is -2.30. The highest BCUT2D eigenvalue weighted by atomic mass is 15.0. The predicted molar refractivity (Wildman–Crippen MR) is 70.9 cm³/mol. The Morgan fingerprint density at radius 3 is 1.83 bits per heavy atom. The van der Waals surface area contributed by atoms with Gasteiger partial charge in [0.2, 0.25) is 0 Å². The lowest BCUT2D eigenvalue weighted by Crippen LogP contribution is -2.31. The van der Waals surface area contributed by atoms with Crippen molar-refractivity contribution < 1.29 is 0 Å². The van der Waals surface area contributed by atoms with Gasteiger partial charge in [-0.15, -0.1) is 0 Å². The molecule has 0 amide bonds. The van der Waals surface area contributed by atoms with E-state index in [0.717, 1.165) is 24.2 Å². The van der Waals surface area contributed by atoms with Gasteiger partial charge >= 0.3 is 0 Å². The van der Waals surface area contributed by atoms with Crippen molar-refractivity contribution in [2.75, 3.05) is 0 Å². The van der Waals surface area contributed by atoms with Gasteiger partial charge in [-0.1, -0.05) is 12.1 Å². The van der Waals surface area contributed by atoms with Crippen molar-refractivity contribution in [1.82, 2.24) is 15.3 Å². The second-order valence-electron chi connectivity index (χ2n) is 4.71. The minimum absolute atomic E-state index is 0.354. The van der Waals surface area contributed by atoms with E-state index in [1.807, 2.05) is 36.7 Å². The molecule has 2 aromatic rings. The summed E-state index contributed by atoms with van der Waals surface area (Å²) in [5.74, 6) is 0. The van der Waals surface area contributed by atoms with Crippen molar-refractivity contribution in [3.8, 4) is 0 Å². The molecular formula is C15H17N3. The first-order valence-corrected chi connectivity index (χ1v) is 6.51. The van der Waals surface area contributed by atoms with Crippen molar-refractivity contribution in [2.24, 2.45) is 0 Å². The van der Waals surface area contributed by atoms with Crippen LogP contribution in [0.5, 0.6) is 0 Å². The first-order valence-electron chi connectivity index (χ1n) is 6.51. The number of aromatic nitrogens is 2. The summed E-state index contributed by atoms with van der Waals surface area (Å²) in [4.78, 5) is 8.90. The molecule has 18 heavy (non-hydrogen) atoms. The Morgan fingerprint density at radius 1 is 0.833 bits per heavy atom. The molecule has 1 N–H and O–H groups in total. The summed E-state index contributed by atoms with van der Waals surface area (Å²) in [5.41, 5.74) is 2.27. The van der Waals surface area contributed by atoms with Gasteiger partial charge in [-0.05, 0) is 43.5 Å². The van der Waals surface area contributed by atoms with Gasteiger partial charge in [0.1, 0.15) is 0 Å². The van der Waals surface area contributed by atoms with Gasteiger partial charge in [0.25, 0.3) is 0 Å². The zero-order valence-electron chi connectivity index (χ0n) is 10.3. The lowest BCUT2D eigenvalue weighted by molar-refractivity contribution is 0.321. The summed E-state index contributed by atoms with van der Waals surface area (Å²) in [7, 11) is 0. The van der Waals surface area contributed by atoms with Crippen LogP contribution in [-0.2, 0) is 0 Å². The van der Waals surface area contributed by atoms with Crippen LogP contribution in [0.4, 0.5) is 0 Å². The second-order valence-corrected chi connectivity index (χ2v) is 4.71. The van der Waals surface area contributed by atoms with E-state index in [-0.39, 0.29) is 0 Å². The molecular weight excluding hydrogens is 222 g/mol. The average Bonchev–Trinajstić information content (AvgIpc) is 2.49. The number of piperidine rings is 1. The zero-order valence-corrected chi connectivity index (χ0v) is 10.3. The molecule has 3 heteroatoms. The third kappa shape index (κ3) is 2.41. The van der Waals surface area contributed by atoms with E-state index in [4.69, 9.17) is 0 Å². The summed E-state index contributed by atoms with van der Waals surface area (Å²) < 4.78 is 0. The lowest BCUT2D eigenvalue weighted by atomic mass is 9.94. The first kappa shape index (κ1) is 11.4. The summed E-state index contributed by atoms with van der Waals surface area (Å²) in [5, 5.41) is 3.66. The van der Waals surface area contributed by atoms with Crippen LogP contribution in [0.3, 0.4) is 0 Å².